The summed E-state index contributed by atoms with van der Waals surface area (Å²) in [6.07, 6.45) is 2.75. The van der Waals surface area contributed by atoms with Crippen LogP contribution in [0, 0.1) is 18.7 Å². The van der Waals surface area contributed by atoms with E-state index in [2.05, 4.69) is 9.73 Å². The van der Waals surface area contributed by atoms with Crippen LogP contribution in [0.2, 0.25) is 0 Å². The van der Waals surface area contributed by atoms with E-state index in [1.165, 1.54) is 60.1 Å². The number of hydrogen-bond donors (Lipinski definition) is 0. The Morgan fingerprint density at radius 2 is 1.80 bits per heavy atom. The van der Waals surface area contributed by atoms with Gasteiger partial charge in [0.1, 0.15) is 23.0 Å². The number of nitrogens with zero attached hydrogens (tertiary/aromatic N) is 3. The van der Waals surface area contributed by atoms with Gasteiger partial charge in [0.2, 0.25) is 5.91 Å². The zero-order valence-corrected chi connectivity index (χ0v) is 22.6. The minimum absolute atomic E-state index is 0.0446. The smallest absolute Gasteiger partial charge is 0.387 e. The predicted octanol–water partition coefficient (Wildman–Crippen LogP) is 4.21. The van der Waals surface area contributed by atoms with E-state index in [0.717, 1.165) is 6.21 Å². The van der Waals surface area contributed by atoms with Crippen LogP contribution in [0.25, 0.3) is 0 Å². The molecule has 0 N–H and O–H groups in total. The van der Waals surface area contributed by atoms with Crippen molar-refractivity contribution in [2.24, 2.45) is 10.9 Å². The molecular weight excluding hydrogens is 543 g/mol. The summed E-state index contributed by atoms with van der Waals surface area (Å²) in [5, 5.41) is 0. The quantitative estimate of drug-likeness (QED) is 0.338. The number of carbonyl (C=O) groups is 2. The molecule has 12 heteroatoms. The van der Waals surface area contributed by atoms with E-state index in [-0.39, 0.29) is 48.0 Å². The second-order valence-corrected chi connectivity index (χ2v) is 9.29. The number of amides is 2. The number of methoxy groups -OCH3 is 2. The molecule has 3 aromatic rings. The van der Waals surface area contributed by atoms with Gasteiger partial charge in [0.25, 0.3) is 11.5 Å². The summed E-state index contributed by atoms with van der Waals surface area (Å²) in [6, 6.07) is 10.9. The highest BCUT2D eigenvalue weighted by molar-refractivity contribution is 6.10. The van der Waals surface area contributed by atoms with Crippen molar-refractivity contribution in [1.82, 2.24) is 4.57 Å². The van der Waals surface area contributed by atoms with Crippen molar-refractivity contribution in [3.63, 3.8) is 0 Å². The fraction of sp³-hybridized carbons (Fsp3) is 0.310. The van der Waals surface area contributed by atoms with Gasteiger partial charge in [0.15, 0.2) is 0 Å². The Bertz CT molecular complexity index is 1510. The first-order valence-electron chi connectivity index (χ1n) is 12.6. The first kappa shape index (κ1) is 29.5. The molecular formula is C29H28F3N3O6. The number of aromatic nitrogens is 1. The maximum Gasteiger partial charge on any atom is 0.387 e. The van der Waals surface area contributed by atoms with Crippen LogP contribution in [0.1, 0.15) is 27.4 Å². The molecule has 0 aliphatic carbocycles. The molecule has 9 nitrogen and oxygen atoms in total. The number of aryl methyl sites for hydroxylation is 1. The number of hydrogen-bond acceptors (Lipinski definition) is 6. The molecule has 2 aromatic carbocycles. The zero-order chi connectivity index (χ0) is 29.7. The second kappa shape index (κ2) is 12.8. The fourth-order valence-corrected chi connectivity index (χ4v) is 4.70. The third-order valence-corrected chi connectivity index (χ3v) is 6.80. The second-order valence-electron chi connectivity index (χ2n) is 9.29. The van der Waals surface area contributed by atoms with E-state index in [9.17, 15) is 23.2 Å². The Balaban J connectivity index is 1.70. The molecule has 1 unspecified atom stereocenters. The summed E-state index contributed by atoms with van der Waals surface area (Å²) in [5.74, 6) is -3.63. The van der Waals surface area contributed by atoms with E-state index < -0.39 is 41.6 Å². The SMILES string of the molecule is COCCn1ccc(C)c(N2C[C@@H](c3ccc(OC)cc3F)C(/C=N/C(=O)c3ccc(OC(F)F)cc3)C2=O)c1=O. The van der Waals surface area contributed by atoms with E-state index in [1.54, 1.807) is 25.3 Å². The van der Waals surface area contributed by atoms with Gasteiger partial charge in [-0.25, -0.2) is 9.38 Å². The first-order valence-corrected chi connectivity index (χ1v) is 12.6. The number of carbonyl (C=O) groups excluding carboxylic acids is 2. The van der Waals surface area contributed by atoms with Gasteiger partial charge in [-0.15, -0.1) is 0 Å². The van der Waals surface area contributed by atoms with Gasteiger partial charge >= 0.3 is 6.61 Å². The molecule has 1 saturated heterocycles. The summed E-state index contributed by atoms with van der Waals surface area (Å²) >= 11 is 0. The van der Waals surface area contributed by atoms with Crippen molar-refractivity contribution in [3.8, 4) is 11.5 Å². The van der Waals surface area contributed by atoms with Crippen molar-refractivity contribution in [2.75, 3.05) is 32.3 Å². The van der Waals surface area contributed by atoms with Crippen molar-refractivity contribution in [2.45, 2.75) is 26.0 Å². The Kier molecular flexibility index (Phi) is 9.23. The molecule has 216 valence electrons. The predicted molar refractivity (Wildman–Crippen MR) is 145 cm³/mol. The van der Waals surface area contributed by atoms with Crippen LogP contribution in [0.3, 0.4) is 0 Å². The minimum atomic E-state index is -3.02. The molecule has 1 aliphatic rings. The van der Waals surface area contributed by atoms with E-state index in [1.807, 2.05) is 0 Å². The average Bonchev–Trinajstić information content (AvgIpc) is 3.26. The van der Waals surface area contributed by atoms with Crippen molar-refractivity contribution in [1.29, 1.82) is 0 Å². The van der Waals surface area contributed by atoms with Crippen molar-refractivity contribution >= 4 is 23.7 Å². The molecule has 1 fully saturated rings. The molecule has 1 aromatic heterocycles. The number of anilines is 1. The lowest BCUT2D eigenvalue weighted by molar-refractivity contribution is -0.118. The van der Waals surface area contributed by atoms with Crippen molar-refractivity contribution < 1.29 is 37.0 Å². The number of alkyl halides is 2. The standard InChI is InChI=1S/C29H28F3N3O6/c1-17-10-11-34(12-13-39-2)28(38)25(17)35-16-23(21-9-8-20(40-3)14-24(21)30)22(27(35)37)15-33-26(36)18-4-6-19(7-5-18)41-29(31)32/h4-11,14-15,22-23,29H,12-13,16H2,1-3H3/b33-15+/t22?,23-/m0/s1. The molecule has 2 heterocycles. The third-order valence-electron chi connectivity index (χ3n) is 6.80. The largest absolute Gasteiger partial charge is 0.497 e. The van der Waals surface area contributed by atoms with Crippen LogP contribution in [0.5, 0.6) is 11.5 Å². The average molecular weight is 572 g/mol. The monoisotopic (exact) mass is 571 g/mol. The number of halogens is 3. The van der Waals surface area contributed by atoms with Crippen LogP contribution in [0.15, 0.2) is 64.5 Å². The Labute approximate surface area is 233 Å². The molecule has 0 saturated carbocycles. The Morgan fingerprint density at radius 3 is 2.44 bits per heavy atom. The van der Waals surface area contributed by atoms with Crippen LogP contribution in [-0.4, -0.2) is 56.6 Å². The third kappa shape index (κ3) is 6.49. The van der Waals surface area contributed by atoms with Crippen LogP contribution in [0.4, 0.5) is 18.9 Å². The number of rotatable bonds is 10. The summed E-state index contributed by atoms with van der Waals surface area (Å²) in [6.45, 7) is -0.819. The van der Waals surface area contributed by atoms with E-state index in [4.69, 9.17) is 9.47 Å². The molecule has 0 spiro atoms. The van der Waals surface area contributed by atoms with Gasteiger partial charge in [-0.1, -0.05) is 6.07 Å². The normalized spacial score (nSPS) is 17.0. The molecule has 1 aliphatic heterocycles. The topological polar surface area (TPSA) is 99.4 Å². The summed E-state index contributed by atoms with van der Waals surface area (Å²) in [4.78, 5) is 45.1. The number of pyridine rings is 1. The van der Waals surface area contributed by atoms with Crippen LogP contribution >= 0.6 is 0 Å². The lowest BCUT2D eigenvalue weighted by Crippen LogP contribution is -2.35. The van der Waals surface area contributed by atoms with Crippen LogP contribution in [-0.2, 0) is 16.1 Å². The minimum Gasteiger partial charge on any atom is -0.497 e. The maximum absolute atomic E-state index is 15.2. The van der Waals surface area contributed by atoms with Gasteiger partial charge in [-0.3, -0.25) is 14.4 Å². The highest BCUT2D eigenvalue weighted by Gasteiger charge is 2.43. The molecule has 41 heavy (non-hydrogen) atoms. The van der Waals surface area contributed by atoms with E-state index in [0.29, 0.717) is 5.56 Å². The number of ether oxygens (including phenoxy) is 3. The van der Waals surface area contributed by atoms with Gasteiger partial charge in [-0.05, 0) is 54.4 Å². The van der Waals surface area contributed by atoms with Gasteiger partial charge < -0.3 is 23.7 Å². The molecule has 2 amide bonds. The lowest BCUT2D eigenvalue weighted by atomic mass is 9.89. The summed E-state index contributed by atoms with van der Waals surface area (Å²) < 4.78 is 55.9. The van der Waals surface area contributed by atoms with Gasteiger partial charge in [0, 0.05) is 50.2 Å². The first-order chi connectivity index (χ1) is 19.6. The number of aliphatic imine (C=N–C) groups is 1. The lowest BCUT2D eigenvalue weighted by Gasteiger charge is -2.20. The van der Waals surface area contributed by atoms with Crippen molar-refractivity contribution in [3.05, 3.63) is 87.6 Å². The molecule has 0 bridgehead atoms. The van der Waals surface area contributed by atoms with Gasteiger partial charge in [-0.2, -0.15) is 8.78 Å². The summed E-state index contributed by atoms with van der Waals surface area (Å²) in [5.41, 5.74) is 0.531. The molecule has 4 rings (SSSR count). The molecule has 0 radical (unpaired) electrons. The highest BCUT2D eigenvalue weighted by Crippen LogP contribution is 2.37. The maximum atomic E-state index is 15.2. The zero-order valence-electron chi connectivity index (χ0n) is 22.6. The van der Waals surface area contributed by atoms with E-state index >= 15 is 4.39 Å². The highest BCUT2D eigenvalue weighted by atomic mass is 19.3. The molecule has 2 atom stereocenters. The fourth-order valence-electron chi connectivity index (χ4n) is 4.70. The Morgan fingerprint density at radius 1 is 1.10 bits per heavy atom. The Hall–Kier alpha value is -4.45. The summed E-state index contributed by atoms with van der Waals surface area (Å²) in [7, 11) is 2.91. The van der Waals surface area contributed by atoms with Crippen LogP contribution < -0.4 is 19.9 Å². The number of benzene rings is 2. The van der Waals surface area contributed by atoms with Gasteiger partial charge in [0.05, 0.1) is 19.6 Å².